The third kappa shape index (κ3) is 3.16. The van der Waals surface area contributed by atoms with Crippen molar-refractivity contribution in [2.24, 2.45) is 0 Å². The third-order valence-electron chi connectivity index (χ3n) is 4.08. The van der Waals surface area contributed by atoms with E-state index in [-0.39, 0.29) is 5.69 Å². The quantitative estimate of drug-likeness (QED) is 0.463. The number of nitrogens with zero attached hydrogens (tertiary/aromatic N) is 3. The molecule has 0 atom stereocenters. The van der Waals surface area contributed by atoms with Gasteiger partial charge in [-0.3, -0.25) is 20.2 Å². The van der Waals surface area contributed by atoms with Crippen LogP contribution in [0.15, 0.2) is 49.6 Å². The first-order chi connectivity index (χ1) is 13.4. The molecule has 28 heavy (non-hydrogen) atoms. The number of hydrogen-bond acceptors (Lipinski definition) is 6. The van der Waals surface area contributed by atoms with Crippen LogP contribution in [0.3, 0.4) is 0 Å². The first-order valence-electron chi connectivity index (χ1n) is 7.94. The van der Waals surface area contributed by atoms with Gasteiger partial charge in [-0.15, -0.1) is 0 Å². The van der Waals surface area contributed by atoms with E-state index in [0.717, 1.165) is 6.07 Å². The lowest BCUT2D eigenvalue weighted by Crippen LogP contribution is -2.04. The maximum Gasteiger partial charge on any atom is 0.311 e. The van der Waals surface area contributed by atoms with Gasteiger partial charge in [0.2, 0.25) is 5.82 Å². The molecule has 0 aliphatic carbocycles. The Morgan fingerprint density at radius 2 is 1.71 bits per heavy atom. The first-order valence-corrected chi connectivity index (χ1v) is 7.94. The van der Waals surface area contributed by atoms with E-state index >= 15 is 0 Å². The zero-order valence-electron chi connectivity index (χ0n) is 14.4. The van der Waals surface area contributed by atoms with Crippen LogP contribution in [0.25, 0.3) is 23.1 Å². The highest BCUT2D eigenvalue weighted by atomic mass is 19.1. The summed E-state index contributed by atoms with van der Waals surface area (Å²) in [5.41, 5.74) is 0.102. The minimum Gasteiger partial charge on any atom is -0.349 e. The van der Waals surface area contributed by atoms with E-state index in [2.05, 4.69) is 23.5 Å². The Morgan fingerprint density at radius 3 is 2.32 bits per heavy atom. The number of hydrogen-bond donors (Lipinski definition) is 1. The van der Waals surface area contributed by atoms with Gasteiger partial charge < -0.3 is 5.32 Å². The summed E-state index contributed by atoms with van der Waals surface area (Å²) in [6.45, 7) is 7.44. The highest BCUT2D eigenvalue weighted by Crippen LogP contribution is 2.38. The number of pyridine rings is 1. The van der Waals surface area contributed by atoms with Crippen molar-refractivity contribution in [3.05, 3.63) is 86.9 Å². The van der Waals surface area contributed by atoms with Crippen molar-refractivity contribution in [3.8, 4) is 0 Å². The maximum absolute atomic E-state index is 14.1. The van der Waals surface area contributed by atoms with Crippen molar-refractivity contribution < 1.29 is 14.2 Å². The fourth-order valence-electron chi connectivity index (χ4n) is 2.82. The lowest BCUT2D eigenvalue weighted by molar-refractivity contribution is -0.395. The topological polar surface area (TPSA) is 111 Å². The Kier molecular flexibility index (Phi) is 4.82. The second-order valence-corrected chi connectivity index (χ2v) is 5.67. The number of aromatic nitrogens is 1. The van der Waals surface area contributed by atoms with Gasteiger partial charge >= 0.3 is 5.69 Å². The second-order valence-electron chi connectivity index (χ2n) is 5.67. The average Bonchev–Trinajstić information content (AvgIpc) is 2.67. The van der Waals surface area contributed by atoms with Crippen molar-refractivity contribution in [1.29, 1.82) is 0 Å². The Balaban J connectivity index is 2.30. The molecule has 0 aliphatic rings. The van der Waals surface area contributed by atoms with E-state index in [0.29, 0.717) is 33.9 Å². The zero-order valence-corrected chi connectivity index (χ0v) is 14.4. The molecule has 0 unspecified atom stereocenters. The van der Waals surface area contributed by atoms with Crippen LogP contribution in [0.5, 0.6) is 0 Å². The van der Waals surface area contributed by atoms with E-state index in [1.54, 1.807) is 24.3 Å². The molecular weight excluding hydrogens is 367 g/mol. The molecule has 0 amide bonds. The standard InChI is InChI=1S/C19H13FN4O4/c1-3-11-14(4-2)21-15-8-6-5-7-12(15)19(11)22-16-9-13(20)17(23(25)26)10-18(16)24(27)28/h3-10H,1-2H2,(H,21,22). The summed E-state index contributed by atoms with van der Waals surface area (Å²) in [5, 5.41) is 25.8. The van der Waals surface area contributed by atoms with Crippen LogP contribution >= 0.6 is 0 Å². The fraction of sp³-hybridized carbons (Fsp3) is 0. The highest BCUT2D eigenvalue weighted by molar-refractivity contribution is 5.99. The SMILES string of the molecule is C=Cc1nc2ccccc2c(Nc2cc(F)c([N+](=O)[O-])cc2[N+](=O)[O-])c1C=C. The molecule has 9 heteroatoms. The minimum atomic E-state index is -1.19. The maximum atomic E-state index is 14.1. The van der Waals surface area contributed by atoms with Gasteiger partial charge in [0.1, 0.15) is 5.69 Å². The first kappa shape index (κ1) is 18.6. The van der Waals surface area contributed by atoms with Crippen molar-refractivity contribution in [2.75, 3.05) is 5.32 Å². The normalized spacial score (nSPS) is 10.5. The number of rotatable bonds is 6. The summed E-state index contributed by atoms with van der Waals surface area (Å²) >= 11 is 0. The number of nitrogens with one attached hydrogen (secondary N) is 1. The molecule has 0 bridgehead atoms. The number of nitro benzene ring substituents is 2. The molecule has 8 nitrogen and oxygen atoms in total. The smallest absolute Gasteiger partial charge is 0.311 e. The summed E-state index contributed by atoms with van der Waals surface area (Å²) in [6.07, 6.45) is 2.99. The van der Waals surface area contributed by atoms with Gasteiger partial charge in [-0.1, -0.05) is 37.4 Å². The molecule has 140 valence electrons. The summed E-state index contributed by atoms with van der Waals surface area (Å²) < 4.78 is 14.1. The molecule has 1 aromatic heterocycles. The number of fused-ring (bicyclic) bond motifs is 1. The molecule has 0 aliphatic heterocycles. The fourth-order valence-corrected chi connectivity index (χ4v) is 2.82. The molecule has 0 saturated heterocycles. The number of anilines is 2. The lowest BCUT2D eigenvalue weighted by Gasteiger charge is -2.15. The van der Waals surface area contributed by atoms with Gasteiger partial charge in [0.25, 0.3) is 5.69 Å². The van der Waals surface area contributed by atoms with Gasteiger partial charge in [-0.2, -0.15) is 4.39 Å². The molecule has 0 saturated carbocycles. The molecule has 3 aromatic rings. The third-order valence-corrected chi connectivity index (χ3v) is 4.08. The number of benzene rings is 2. The van der Waals surface area contributed by atoms with Crippen LogP contribution in [0.1, 0.15) is 11.3 Å². The van der Waals surface area contributed by atoms with Crippen molar-refractivity contribution in [1.82, 2.24) is 4.98 Å². The van der Waals surface area contributed by atoms with Crippen LogP contribution in [0.2, 0.25) is 0 Å². The molecule has 0 spiro atoms. The molecule has 0 radical (unpaired) electrons. The number of para-hydroxylation sites is 1. The van der Waals surface area contributed by atoms with Gasteiger partial charge in [-0.25, -0.2) is 4.98 Å². The van der Waals surface area contributed by atoms with Crippen LogP contribution < -0.4 is 5.32 Å². The van der Waals surface area contributed by atoms with Crippen LogP contribution in [0, 0.1) is 26.0 Å². The zero-order chi connectivity index (χ0) is 20.4. The van der Waals surface area contributed by atoms with E-state index in [1.165, 1.54) is 12.2 Å². The van der Waals surface area contributed by atoms with Gasteiger partial charge in [0, 0.05) is 17.0 Å². The van der Waals surface area contributed by atoms with Crippen molar-refractivity contribution in [2.45, 2.75) is 0 Å². The van der Waals surface area contributed by atoms with Gasteiger partial charge in [0.05, 0.1) is 32.8 Å². The Morgan fingerprint density at radius 1 is 1.04 bits per heavy atom. The van der Waals surface area contributed by atoms with E-state index < -0.39 is 27.0 Å². The molecular formula is C19H13FN4O4. The molecule has 1 N–H and O–H groups in total. The Hall–Kier alpha value is -4.14. The predicted octanol–water partition coefficient (Wildman–Crippen LogP) is 5.22. The second kappa shape index (κ2) is 7.23. The monoisotopic (exact) mass is 380 g/mol. The van der Waals surface area contributed by atoms with Crippen molar-refractivity contribution in [3.63, 3.8) is 0 Å². The van der Waals surface area contributed by atoms with Crippen LogP contribution in [-0.4, -0.2) is 14.8 Å². The van der Waals surface area contributed by atoms with Crippen LogP contribution in [0.4, 0.5) is 27.1 Å². The largest absolute Gasteiger partial charge is 0.349 e. The summed E-state index contributed by atoms with van der Waals surface area (Å²) in [6, 6.07) is 8.31. The highest BCUT2D eigenvalue weighted by Gasteiger charge is 2.26. The Bertz CT molecular complexity index is 1160. The van der Waals surface area contributed by atoms with E-state index in [1.807, 2.05) is 0 Å². The van der Waals surface area contributed by atoms with Crippen molar-refractivity contribution >= 4 is 45.8 Å². The average molecular weight is 380 g/mol. The minimum absolute atomic E-state index is 0.234. The van der Waals surface area contributed by atoms with Gasteiger partial charge in [0.15, 0.2) is 0 Å². The predicted molar refractivity (Wildman–Crippen MR) is 105 cm³/mol. The molecule has 0 fully saturated rings. The summed E-state index contributed by atoms with van der Waals surface area (Å²) in [7, 11) is 0. The van der Waals surface area contributed by atoms with Crippen LogP contribution in [-0.2, 0) is 0 Å². The molecule has 2 aromatic carbocycles. The van der Waals surface area contributed by atoms with E-state index in [4.69, 9.17) is 0 Å². The van der Waals surface area contributed by atoms with Gasteiger partial charge in [-0.05, 0) is 12.1 Å². The molecule has 3 rings (SSSR count). The van der Waals surface area contributed by atoms with E-state index in [9.17, 15) is 24.6 Å². The molecule has 1 heterocycles. The Labute approximate surface area is 157 Å². The lowest BCUT2D eigenvalue weighted by atomic mass is 10.0. The summed E-state index contributed by atoms with van der Waals surface area (Å²) in [5.74, 6) is -1.19. The number of halogens is 1. The number of nitro groups is 2. The summed E-state index contributed by atoms with van der Waals surface area (Å²) in [4.78, 5) is 24.9.